The molecule has 0 bridgehead atoms. The van der Waals surface area contributed by atoms with Crippen LogP contribution in [0.5, 0.6) is 0 Å². The average Bonchev–Trinajstić information content (AvgIpc) is 2.98. The number of carbonyl (C=O) groups excluding carboxylic acids is 1. The van der Waals surface area contributed by atoms with Gasteiger partial charge < -0.3 is 5.32 Å². The third-order valence-corrected chi connectivity index (χ3v) is 4.35. The first-order chi connectivity index (χ1) is 8.72. The van der Waals surface area contributed by atoms with E-state index in [0.29, 0.717) is 12.5 Å². The van der Waals surface area contributed by atoms with Crippen LogP contribution in [0.3, 0.4) is 0 Å². The maximum Gasteiger partial charge on any atom is 0.226 e. The normalized spacial score (nSPS) is 16.5. The predicted octanol–water partition coefficient (Wildman–Crippen LogP) is 2.31. The predicted molar refractivity (Wildman–Crippen MR) is 71.9 cm³/mol. The number of aryl methyl sites for hydroxylation is 1. The van der Waals surface area contributed by atoms with E-state index in [1.165, 1.54) is 12.8 Å². The molecule has 2 aromatic heterocycles. The van der Waals surface area contributed by atoms with Crippen molar-refractivity contribution < 1.29 is 4.79 Å². The molecule has 4 nitrogen and oxygen atoms in total. The van der Waals surface area contributed by atoms with Crippen molar-refractivity contribution >= 4 is 22.2 Å². The fourth-order valence-electron chi connectivity index (χ4n) is 2.58. The lowest BCUT2D eigenvalue weighted by molar-refractivity contribution is -0.121. The van der Waals surface area contributed by atoms with Crippen LogP contribution in [0.2, 0.25) is 0 Å². The van der Waals surface area contributed by atoms with Gasteiger partial charge in [-0.05, 0) is 19.8 Å². The van der Waals surface area contributed by atoms with Gasteiger partial charge in [0, 0.05) is 23.3 Å². The summed E-state index contributed by atoms with van der Waals surface area (Å²) < 4.78 is 2.02. The number of thiazole rings is 1. The number of imidazole rings is 1. The largest absolute Gasteiger partial charge is 0.353 e. The van der Waals surface area contributed by atoms with Crippen LogP contribution in [-0.2, 0) is 11.2 Å². The van der Waals surface area contributed by atoms with E-state index in [2.05, 4.69) is 10.3 Å². The summed E-state index contributed by atoms with van der Waals surface area (Å²) >= 11 is 1.59. The van der Waals surface area contributed by atoms with Crippen LogP contribution in [0.1, 0.15) is 37.1 Å². The molecule has 96 valence electrons. The van der Waals surface area contributed by atoms with Crippen LogP contribution in [-0.4, -0.2) is 21.3 Å². The molecular weight excluding hydrogens is 246 g/mol. The number of rotatable bonds is 3. The molecule has 0 aromatic carbocycles. The summed E-state index contributed by atoms with van der Waals surface area (Å²) in [7, 11) is 0. The molecule has 2 heterocycles. The number of amides is 1. The Labute approximate surface area is 110 Å². The Morgan fingerprint density at radius 3 is 3.11 bits per heavy atom. The molecule has 18 heavy (non-hydrogen) atoms. The summed E-state index contributed by atoms with van der Waals surface area (Å²) in [6, 6.07) is 0.399. The molecule has 0 unspecified atom stereocenters. The van der Waals surface area contributed by atoms with Gasteiger partial charge in [0.25, 0.3) is 0 Å². The number of carbonyl (C=O) groups is 1. The van der Waals surface area contributed by atoms with Crippen molar-refractivity contribution in [2.45, 2.75) is 45.1 Å². The molecule has 3 rings (SSSR count). The maximum absolute atomic E-state index is 12.0. The Bertz CT molecular complexity index is 566. The number of aromatic nitrogens is 2. The molecule has 0 saturated heterocycles. The number of nitrogens with one attached hydrogen (secondary N) is 1. The first kappa shape index (κ1) is 11.7. The van der Waals surface area contributed by atoms with Gasteiger partial charge in [0.05, 0.1) is 12.1 Å². The Kier molecular flexibility index (Phi) is 3.07. The maximum atomic E-state index is 12.0. The fraction of sp³-hybridized carbons (Fsp3) is 0.538. The number of nitrogens with zero attached hydrogens (tertiary/aromatic N) is 2. The van der Waals surface area contributed by atoms with E-state index >= 15 is 0 Å². The van der Waals surface area contributed by atoms with Crippen LogP contribution in [0.4, 0.5) is 0 Å². The van der Waals surface area contributed by atoms with Gasteiger partial charge in [-0.1, -0.05) is 12.8 Å². The summed E-state index contributed by atoms with van der Waals surface area (Å²) in [5.41, 5.74) is 2.03. The van der Waals surface area contributed by atoms with Crippen LogP contribution >= 0.6 is 11.3 Å². The SMILES string of the molecule is Cc1cn2c(CC(=O)NC3CCCC3)csc2n1. The van der Waals surface area contributed by atoms with Gasteiger partial charge in [0.2, 0.25) is 5.91 Å². The average molecular weight is 263 g/mol. The first-order valence-electron chi connectivity index (χ1n) is 6.44. The van der Waals surface area contributed by atoms with Gasteiger partial charge in [0.15, 0.2) is 4.96 Å². The first-order valence-corrected chi connectivity index (χ1v) is 7.32. The lowest BCUT2D eigenvalue weighted by Gasteiger charge is -2.11. The zero-order valence-corrected chi connectivity index (χ0v) is 11.3. The highest BCUT2D eigenvalue weighted by Gasteiger charge is 2.18. The molecule has 1 aliphatic rings. The van der Waals surface area contributed by atoms with Crippen LogP contribution in [0.15, 0.2) is 11.6 Å². The van der Waals surface area contributed by atoms with Gasteiger partial charge in [0.1, 0.15) is 0 Å². The molecule has 5 heteroatoms. The monoisotopic (exact) mass is 263 g/mol. The van der Waals surface area contributed by atoms with E-state index in [1.54, 1.807) is 11.3 Å². The minimum Gasteiger partial charge on any atom is -0.353 e. The summed E-state index contributed by atoms with van der Waals surface area (Å²) in [6.07, 6.45) is 7.20. The molecule has 1 fully saturated rings. The number of hydrogen-bond donors (Lipinski definition) is 1. The fourth-order valence-corrected chi connectivity index (χ4v) is 3.50. The van der Waals surface area contributed by atoms with E-state index in [-0.39, 0.29) is 5.91 Å². The van der Waals surface area contributed by atoms with Crippen molar-refractivity contribution in [2.75, 3.05) is 0 Å². The Balaban J connectivity index is 1.69. The van der Waals surface area contributed by atoms with Gasteiger partial charge >= 0.3 is 0 Å². The quantitative estimate of drug-likeness (QED) is 0.923. The lowest BCUT2D eigenvalue weighted by Crippen LogP contribution is -2.33. The van der Waals surface area contributed by atoms with E-state index in [1.807, 2.05) is 22.9 Å². The van der Waals surface area contributed by atoms with Gasteiger partial charge in [-0.2, -0.15) is 0 Å². The third kappa shape index (κ3) is 2.27. The minimum atomic E-state index is 0.132. The topological polar surface area (TPSA) is 46.4 Å². The van der Waals surface area contributed by atoms with Crippen molar-refractivity contribution in [3.8, 4) is 0 Å². The van der Waals surface area contributed by atoms with Gasteiger partial charge in [-0.15, -0.1) is 11.3 Å². The lowest BCUT2D eigenvalue weighted by atomic mass is 10.2. The molecule has 1 amide bonds. The number of fused-ring (bicyclic) bond motifs is 1. The Morgan fingerprint density at radius 1 is 1.56 bits per heavy atom. The summed E-state index contributed by atoms with van der Waals surface area (Å²) in [6.45, 7) is 1.97. The summed E-state index contributed by atoms with van der Waals surface area (Å²) in [5, 5.41) is 5.14. The standard InChI is InChI=1S/C13H17N3OS/c1-9-7-16-11(8-18-13(16)14-9)6-12(17)15-10-4-2-3-5-10/h7-8,10H,2-6H2,1H3,(H,15,17). The smallest absolute Gasteiger partial charge is 0.226 e. The molecular formula is C13H17N3OS. The van der Waals surface area contributed by atoms with Gasteiger partial charge in [-0.25, -0.2) is 4.98 Å². The van der Waals surface area contributed by atoms with Crippen molar-refractivity contribution in [3.63, 3.8) is 0 Å². The Morgan fingerprint density at radius 2 is 2.33 bits per heavy atom. The second-order valence-electron chi connectivity index (χ2n) is 4.99. The highest BCUT2D eigenvalue weighted by Crippen LogP contribution is 2.19. The van der Waals surface area contributed by atoms with Crippen LogP contribution < -0.4 is 5.32 Å². The molecule has 1 aliphatic carbocycles. The third-order valence-electron chi connectivity index (χ3n) is 3.47. The zero-order chi connectivity index (χ0) is 12.5. The second-order valence-corrected chi connectivity index (χ2v) is 5.82. The van der Waals surface area contributed by atoms with Crippen molar-refractivity contribution in [2.24, 2.45) is 0 Å². The molecule has 0 spiro atoms. The van der Waals surface area contributed by atoms with E-state index < -0.39 is 0 Å². The summed E-state index contributed by atoms with van der Waals surface area (Å²) in [5.74, 6) is 0.132. The van der Waals surface area contributed by atoms with Crippen LogP contribution in [0.25, 0.3) is 4.96 Å². The zero-order valence-electron chi connectivity index (χ0n) is 10.5. The van der Waals surface area contributed by atoms with Crippen molar-refractivity contribution in [3.05, 3.63) is 23.0 Å². The summed E-state index contributed by atoms with van der Waals surface area (Å²) in [4.78, 5) is 17.3. The van der Waals surface area contributed by atoms with Gasteiger partial charge in [-0.3, -0.25) is 9.20 Å². The highest BCUT2D eigenvalue weighted by molar-refractivity contribution is 7.15. The van der Waals surface area contributed by atoms with Crippen molar-refractivity contribution in [1.82, 2.24) is 14.7 Å². The highest BCUT2D eigenvalue weighted by atomic mass is 32.1. The minimum absolute atomic E-state index is 0.132. The van der Waals surface area contributed by atoms with E-state index in [9.17, 15) is 4.79 Å². The van der Waals surface area contributed by atoms with E-state index in [0.717, 1.165) is 29.2 Å². The molecule has 0 aliphatic heterocycles. The van der Waals surface area contributed by atoms with Crippen LogP contribution in [0, 0.1) is 6.92 Å². The Hall–Kier alpha value is -1.36. The molecule has 0 atom stereocenters. The molecule has 1 saturated carbocycles. The number of hydrogen-bond acceptors (Lipinski definition) is 3. The van der Waals surface area contributed by atoms with Crippen molar-refractivity contribution in [1.29, 1.82) is 0 Å². The molecule has 2 aromatic rings. The molecule has 0 radical (unpaired) electrons. The molecule has 1 N–H and O–H groups in total. The van der Waals surface area contributed by atoms with E-state index in [4.69, 9.17) is 0 Å². The second kappa shape index (κ2) is 4.72.